The van der Waals surface area contributed by atoms with Crippen molar-refractivity contribution in [3.63, 3.8) is 0 Å². The van der Waals surface area contributed by atoms with Gasteiger partial charge in [0.25, 0.3) is 0 Å². The molecule has 4 heteroatoms. The first kappa shape index (κ1) is 13.9. The van der Waals surface area contributed by atoms with E-state index in [9.17, 15) is 0 Å². The van der Waals surface area contributed by atoms with Crippen LogP contribution in [0.2, 0.25) is 0 Å². The van der Waals surface area contributed by atoms with Crippen molar-refractivity contribution in [2.45, 2.75) is 32.0 Å². The summed E-state index contributed by atoms with van der Waals surface area (Å²) in [7, 11) is 1.63. The minimum atomic E-state index is -0.263. The van der Waals surface area contributed by atoms with Gasteiger partial charge in [-0.2, -0.15) is 0 Å². The van der Waals surface area contributed by atoms with Gasteiger partial charge in [-0.3, -0.25) is 0 Å². The molecule has 2 aromatic rings. The average Bonchev–Trinajstić information content (AvgIpc) is 2.75. The molecule has 1 aliphatic heterocycles. The van der Waals surface area contributed by atoms with E-state index in [1.54, 1.807) is 13.3 Å². The van der Waals surface area contributed by atoms with Crippen molar-refractivity contribution in [3.05, 3.63) is 53.7 Å². The fourth-order valence-corrected chi connectivity index (χ4v) is 2.78. The highest BCUT2D eigenvalue weighted by Crippen LogP contribution is 2.42. The molecule has 0 fully saturated rings. The van der Waals surface area contributed by atoms with Crippen molar-refractivity contribution >= 4 is 0 Å². The standard InChI is InChI=1S/C17H20N2O2/c1-17(2)16(13-6-4-5-7-14(13)21-17)19-11-12-8-9-18-15(10-12)20-3/h4-10,16,19H,11H2,1-3H3. The topological polar surface area (TPSA) is 43.4 Å². The fraction of sp³-hybridized carbons (Fsp3) is 0.353. The van der Waals surface area contributed by atoms with Crippen LogP contribution in [0, 0.1) is 0 Å². The molecule has 0 radical (unpaired) electrons. The highest BCUT2D eigenvalue weighted by Gasteiger charge is 2.40. The number of methoxy groups -OCH3 is 1. The smallest absolute Gasteiger partial charge is 0.213 e. The second-order valence-electron chi connectivity index (χ2n) is 5.76. The lowest BCUT2D eigenvalue weighted by Gasteiger charge is -2.27. The van der Waals surface area contributed by atoms with E-state index in [4.69, 9.17) is 9.47 Å². The number of nitrogens with one attached hydrogen (secondary N) is 1. The Hall–Kier alpha value is -2.07. The summed E-state index contributed by atoms with van der Waals surface area (Å²) in [5.74, 6) is 1.60. The molecule has 0 bridgehead atoms. The van der Waals surface area contributed by atoms with Crippen molar-refractivity contribution in [1.82, 2.24) is 10.3 Å². The average molecular weight is 284 g/mol. The first-order valence-corrected chi connectivity index (χ1v) is 7.10. The maximum Gasteiger partial charge on any atom is 0.213 e. The summed E-state index contributed by atoms with van der Waals surface area (Å²) >= 11 is 0. The second-order valence-corrected chi connectivity index (χ2v) is 5.76. The first-order chi connectivity index (χ1) is 10.1. The number of hydrogen-bond donors (Lipinski definition) is 1. The van der Waals surface area contributed by atoms with Gasteiger partial charge in [-0.1, -0.05) is 18.2 Å². The van der Waals surface area contributed by atoms with Crippen LogP contribution in [0.4, 0.5) is 0 Å². The quantitative estimate of drug-likeness (QED) is 0.937. The normalized spacial score (nSPS) is 18.9. The fourth-order valence-electron chi connectivity index (χ4n) is 2.78. The summed E-state index contributed by atoms with van der Waals surface area (Å²) in [6, 6.07) is 12.3. The number of rotatable bonds is 4. The van der Waals surface area contributed by atoms with E-state index >= 15 is 0 Å². The van der Waals surface area contributed by atoms with E-state index in [1.165, 1.54) is 5.56 Å². The van der Waals surface area contributed by atoms with Crippen LogP contribution in [0.5, 0.6) is 11.6 Å². The second kappa shape index (κ2) is 5.37. The number of nitrogens with zero attached hydrogens (tertiary/aromatic N) is 1. The Morgan fingerprint density at radius 3 is 2.90 bits per heavy atom. The molecule has 1 atom stereocenters. The van der Waals surface area contributed by atoms with Gasteiger partial charge in [-0.15, -0.1) is 0 Å². The molecule has 1 aromatic carbocycles. The van der Waals surface area contributed by atoms with Crippen LogP contribution < -0.4 is 14.8 Å². The molecule has 4 nitrogen and oxygen atoms in total. The molecule has 2 heterocycles. The number of pyridine rings is 1. The van der Waals surface area contributed by atoms with E-state index in [-0.39, 0.29) is 11.6 Å². The Morgan fingerprint density at radius 1 is 1.29 bits per heavy atom. The van der Waals surface area contributed by atoms with E-state index in [0.717, 1.165) is 17.9 Å². The summed E-state index contributed by atoms with van der Waals surface area (Å²) in [5, 5.41) is 3.59. The number of hydrogen-bond acceptors (Lipinski definition) is 4. The monoisotopic (exact) mass is 284 g/mol. The Balaban J connectivity index is 1.77. The van der Waals surface area contributed by atoms with Gasteiger partial charge >= 0.3 is 0 Å². The van der Waals surface area contributed by atoms with Gasteiger partial charge < -0.3 is 14.8 Å². The van der Waals surface area contributed by atoms with Gasteiger partial charge in [-0.05, 0) is 31.5 Å². The minimum absolute atomic E-state index is 0.160. The number of benzene rings is 1. The number of para-hydroxylation sites is 1. The molecular weight excluding hydrogens is 264 g/mol. The third kappa shape index (κ3) is 2.72. The van der Waals surface area contributed by atoms with Crippen LogP contribution in [-0.4, -0.2) is 17.7 Å². The first-order valence-electron chi connectivity index (χ1n) is 7.10. The highest BCUT2D eigenvalue weighted by atomic mass is 16.5. The van der Waals surface area contributed by atoms with Crippen LogP contribution in [0.25, 0.3) is 0 Å². The summed E-state index contributed by atoms with van der Waals surface area (Å²) in [4.78, 5) is 4.13. The molecule has 1 unspecified atom stereocenters. The van der Waals surface area contributed by atoms with Gasteiger partial charge in [0.15, 0.2) is 0 Å². The highest BCUT2D eigenvalue weighted by molar-refractivity contribution is 5.42. The Kier molecular flexibility index (Phi) is 3.55. The van der Waals surface area contributed by atoms with E-state index < -0.39 is 0 Å². The molecule has 0 spiro atoms. The van der Waals surface area contributed by atoms with E-state index in [0.29, 0.717) is 5.88 Å². The zero-order valence-corrected chi connectivity index (χ0v) is 12.6. The summed E-state index contributed by atoms with van der Waals surface area (Å²) < 4.78 is 11.2. The van der Waals surface area contributed by atoms with Gasteiger partial charge in [0, 0.05) is 24.4 Å². The molecule has 0 saturated carbocycles. The number of aromatic nitrogens is 1. The van der Waals surface area contributed by atoms with Crippen molar-refractivity contribution in [1.29, 1.82) is 0 Å². The molecule has 3 rings (SSSR count). The van der Waals surface area contributed by atoms with Gasteiger partial charge in [-0.25, -0.2) is 4.98 Å². The molecule has 110 valence electrons. The molecule has 1 aromatic heterocycles. The van der Waals surface area contributed by atoms with Crippen LogP contribution in [0.1, 0.15) is 31.0 Å². The largest absolute Gasteiger partial charge is 0.486 e. The molecule has 1 aliphatic rings. The summed E-state index contributed by atoms with van der Waals surface area (Å²) in [6.45, 7) is 4.96. The lowest BCUT2D eigenvalue weighted by Crippen LogP contribution is -2.38. The Morgan fingerprint density at radius 2 is 2.10 bits per heavy atom. The Bertz CT molecular complexity index is 640. The third-order valence-electron chi connectivity index (χ3n) is 3.82. The molecule has 0 saturated heterocycles. The molecular formula is C17H20N2O2. The van der Waals surface area contributed by atoms with E-state index in [2.05, 4.69) is 30.2 Å². The van der Waals surface area contributed by atoms with Crippen molar-refractivity contribution in [3.8, 4) is 11.6 Å². The van der Waals surface area contributed by atoms with E-state index in [1.807, 2.05) is 30.3 Å². The lowest BCUT2D eigenvalue weighted by molar-refractivity contribution is 0.0958. The zero-order valence-electron chi connectivity index (χ0n) is 12.6. The molecule has 0 amide bonds. The van der Waals surface area contributed by atoms with Crippen molar-refractivity contribution < 1.29 is 9.47 Å². The van der Waals surface area contributed by atoms with Gasteiger partial charge in [0.05, 0.1) is 13.2 Å². The summed E-state index contributed by atoms with van der Waals surface area (Å²) in [6.07, 6.45) is 1.76. The van der Waals surface area contributed by atoms with Crippen LogP contribution in [-0.2, 0) is 6.54 Å². The predicted octanol–water partition coefficient (Wildman–Crippen LogP) is 3.09. The van der Waals surface area contributed by atoms with Crippen molar-refractivity contribution in [2.24, 2.45) is 0 Å². The summed E-state index contributed by atoms with van der Waals surface area (Å²) in [5.41, 5.74) is 2.09. The van der Waals surface area contributed by atoms with Gasteiger partial charge in [0.1, 0.15) is 11.4 Å². The number of fused-ring (bicyclic) bond motifs is 1. The van der Waals surface area contributed by atoms with Crippen LogP contribution in [0.3, 0.4) is 0 Å². The SMILES string of the molecule is COc1cc(CNC2c3ccccc3OC2(C)C)ccn1. The predicted molar refractivity (Wildman–Crippen MR) is 81.5 cm³/mol. The molecule has 0 aliphatic carbocycles. The Labute approximate surface area is 125 Å². The van der Waals surface area contributed by atoms with Crippen LogP contribution in [0.15, 0.2) is 42.6 Å². The molecule has 21 heavy (non-hydrogen) atoms. The van der Waals surface area contributed by atoms with Crippen molar-refractivity contribution in [2.75, 3.05) is 7.11 Å². The lowest BCUT2D eigenvalue weighted by atomic mass is 9.94. The van der Waals surface area contributed by atoms with Gasteiger partial charge in [0.2, 0.25) is 5.88 Å². The zero-order chi connectivity index (χ0) is 14.9. The number of ether oxygens (including phenoxy) is 2. The minimum Gasteiger partial charge on any atom is -0.486 e. The van der Waals surface area contributed by atoms with Crippen LogP contribution >= 0.6 is 0 Å². The molecule has 1 N–H and O–H groups in total. The third-order valence-corrected chi connectivity index (χ3v) is 3.82. The maximum atomic E-state index is 6.04. The maximum absolute atomic E-state index is 6.04.